The second-order valence-electron chi connectivity index (χ2n) is 10.2. The fourth-order valence-corrected chi connectivity index (χ4v) is 6.16. The monoisotopic (exact) mass is 634 g/mol. The lowest BCUT2D eigenvalue weighted by molar-refractivity contribution is -0.140. The minimum absolute atomic E-state index is 0.0984. The Hall–Kier alpha value is -2.18. The highest BCUT2D eigenvalue weighted by molar-refractivity contribution is 7.98. The number of thiocarbonyl (C=S) groups is 1. The van der Waals surface area contributed by atoms with E-state index >= 15 is 0 Å². The Bertz CT molecular complexity index is 1120. The maximum absolute atomic E-state index is 13.4. The molecule has 2 aliphatic rings. The molecule has 0 saturated carbocycles. The standard InChI is InChI=1S/C28H34F6N4S2.C2H6/c1-40-25-9-6-22(19-24(25)28(32,33)34)35-21-10-13-38(14-11-21)26(39)3-2-12-36-15-17-37(18-16-36)23-7-4-20(5-8-23)27(29,30)31;1-2/h4-9,19,21,35H,2-3,10-18H2,1H3;1-2H3. The summed E-state index contributed by atoms with van der Waals surface area (Å²) in [6.07, 6.45) is -3.73. The van der Waals surface area contributed by atoms with Crippen LogP contribution in [-0.4, -0.2) is 72.9 Å². The van der Waals surface area contributed by atoms with Crippen LogP contribution in [0.4, 0.5) is 37.7 Å². The predicted octanol–water partition coefficient (Wildman–Crippen LogP) is 8.28. The highest BCUT2D eigenvalue weighted by Crippen LogP contribution is 2.38. The maximum Gasteiger partial charge on any atom is 0.417 e. The van der Waals surface area contributed by atoms with Gasteiger partial charge >= 0.3 is 12.4 Å². The molecule has 4 nitrogen and oxygen atoms in total. The van der Waals surface area contributed by atoms with Gasteiger partial charge in [0, 0.05) is 61.6 Å². The van der Waals surface area contributed by atoms with Gasteiger partial charge in [0.15, 0.2) is 0 Å². The molecule has 0 radical (unpaired) electrons. The van der Waals surface area contributed by atoms with Crippen molar-refractivity contribution in [1.29, 1.82) is 0 Å². The number of hydrogen-bond acceptors (Lipinski definition) is 5. The smallest absolute Gasteiger partial charge is 0.382 e. The van der Waals surface area contributed by atoms with Crippen molar-refractivity contribution in [3.05, 3.63) is 53.6 Å². The largest absolute Gasteiger partial charge is 0.417 e. The Morgan fingerprint density at radius 1 is 0.881 bits per heavy atom. The Morgan fingerprint density at radius 2 is 1.50 bits per heavy atom. The molecule has 4 rings (SSSR count). The average Bonchev–Trinajstić information content (AvgIpc) is 2.98. The first kappa shape index (κ1) is 34.3. The van der Waals surface area contributed by atoms with Crippen molar-refractivity contribution in [3.8, 4) is 0 Å². The van der Waals surface area contributed by atoms with Crippen LogP contribution in [0.3, 0.4) is 0 Å². The van der Waals surface area contributed by atoms with E-state index in [1.807, 2.05) is 13.8 Å². The quantitative estimate of drug-likeness (QED) is 0.178. The van der Waals surface area contributed by atoms with E-state index in [9.17, 15) is 26.3 Å². The van der Waals surface area contributed by atoms with E-state index in [0.717, 1.165) is 106 Å². The number of benzene rings is 2. The fraction of sp³-hybridized carbons (Fsp3) is 0.567. The summed E-state index contributed by atoms with van der Waals surface area (Å²) in [4.78, 5) is 7.82. The predicted molar refractivity (Wildman–Crippen MR) is 165 cm³/mol. The summed E-state index contributed by atoms with van der Waals surface area (Å²) in [5.41, 5.74) is 0.0607. The van der Waals surface area contributed by atoms with Gasteiger partial charge in [0.2, 0.25) is 0 Å². The zero-order valence-electron chi connectivity index (χ0n) is 24.3. The van der Waals surface area contributed by atoms with Gasteiger partial charge in [-0.2, -0.15) is 26.3 Å². The van der Waals surface area contributed by atoms with Crippen molar-refractivity contribution in [2.24, 2.45) is 0 Å². The van der Waals surface area contributed by atoms with Crippen LogP contribution in [0.15, 0.2) is 47.4 Å². The normalized spacial score (nSPS) is 17.1. The lowest BCUT2D eigenvalue weighted by atomic mass is 10.0. The molecule has 2 heterocycles. The molecule has 0 aromatic heterocycles. The number of nitrogens with one attached hydrogen (secondary N) is 1. The van der Waals surface area contributed by atoms with Gasteiger partial charge in [-0.3, -0.25) is 4.90 Å². The van der Waals surface area contributed by atoms with E-state index in [2.05, 4.69) is 20.0 Å². The van der Waals surface area contributed by atoms with E-state index in [-0.39, 0.29) is 10.9 Å². The molecule has 0 unspecified atom stereocenters. The number of anilines is 2. The first-order valence-electron chi connectivity index (χ1n) is 14.4. The van der Waals surface area contributed by atoms with Crippen LogP contribution >= 0.6 is 24.0 Å². The minimum atomic E-state index is -4.38. The van der Waals surface area contributed by atoms with Crippen LogP contribution in [0.1, 0.15) is 50.7 Å². The van der Waals surface area contributed by atoms with Gasteiger partial charge in [0.05, 0.1) is 16.1 Å². The average molecular weight is 635 g/mol. The first-order chi connectivity index (χ1) is 19.9. The Balaban J connectivity index is 0.00000237. The van der Waals surface area contributed by atoms with Crippen LogP contribution in [0, 0.1) is 0 Å². The third-order valence-electron chi connectivity index (χ3n) is 7.52. The molecule has 42 heavy (non-hydrogen) atoms. The number of piperazine rings is 1. The molecule has 12 heteroatoms. The Morgan fingerprint density at radius 3 is 2.05 bits per heavy atom. The molecule has 2 aromatic rings. The topological polar surface area (TPSA) is 21.8 Å². The molecule has 2 fully saturated rings. The van der Waals surface area contributed by atoms with Gasteiger partial charge in [-0.05, 0) is 80.9 Å². The number of alkyl halides is 6. The summed E-state index contributed by atoms with van der Waals surface area (Å²) < 4.78 is 78.6. The van der Waals surface area contributed by atoms with Gasteiger partial charge in [-0.25, -0.2) is 0 Å². The van der Waals surface area contributed by atoms with E-state index in [0.29, 0.717) is 5.69 Å². The second kappa shape index (κ2) is 15.5. The van der Waals surface area contributed by atoms with Crippen molar-refractivity contribution in [3.63, 3.8) is 0 Å². The van der Waals surface area contributed by atoms with E-state index in [4.69, 9.17) is 12.2 Å². The van der Waals surface area contributed by atoms with Crippen molar-refractivity contribution < 1.29 is 26.3 Å². The molecule has 234 valence electrons. The van der Waals surface area contributed by atoms with Gasteiger partial charge in [-0.15, -0.1) is 11.8 Å². The van der Waals surface area contributed by atoms with Crippen molar-refractivity contribution >= 4 is 40.3 Å². The second-order valence-corrected chi connectivity index (χ2v) is 11.5. The highest BCUT2D eigenvalue weighted by atomic mass is 32.2. The Kier molecular flexibility index (Phi) is 12.7. The molecular weight excluding hydrogens is 594 g/mol. The molecule has 0 spiro atoms. The van der Waals surface area contributed by atoms with E-state index in [1.165, 1.54) is 24.3 Å². The number of nitrogens with zero attached hydrogens (tertiary/aromatic N) is 3. The number of likely N-dealkylation sites (tertiary alicyclic amines) is 1. The van der Waals surface area contributed by atoms with Gasteiger partial charge < -0.3 is 15.1 Å². The van der Waals surface area contributed by atoms with Crippen molar-refractivity contribution in [1.82, 2.24) is 9.80 Å². The van der Waals surface area contributed by atoms with Crippen LogP contribution in [0.2, 0.25) is 0 Å². The third kappa shape index (κ3) is 9.67. The summed E-state index contributed by atoms with van der Waals surface area (Å²) in [5, 5.41) is 3.28. The van der Waals surface area contributed by atoms with Gasteiger partial charge in [-0.1, -0.05) is 26.1 Å². The molecule has 2 saturated heterocycles. The molecule has 1 N–H and O–H groups in total. The summed E-state index contributed by atoms with van der Waals surface area (Å²) in [6.45, 7) is 9.68. The lowest BCUT2D eigenvalue weighted by Gasteiger charge is -2.37. The zero-order valence-corrected chi connectivity index (χ0v) is 26.0. The molecule has 0 amide bonds. The first-order valence-corrected chi connectivity index (χ1v) is 16.0. The number of thioether (sulfide) groups is 1. The molecule has 0 bridgehead atoms. The SMILES string of the molecule is CC.CSc1ccc(NC2CCN(C(=S)CCCN3CCN(c4ccc(C(F)(F)F)cc4)CC3)CC2)cc1C(F)(F)F. The number of hydrogen-bond donors (Lipinski definition) is 1. The van der Waals surface area contributed by atoms with Gasteiger partial charge in [0.1, 0.15) is 0 Å². The number of piperidine rings is 1. The van der Waals surface area contributed by atoms with Crippen LogP contribution in [0.25, 0.3) is 0 Å². The fourth-order valence-electron chi connectivity index (χ4n) is 5.23. The minimum Gasteiger partial charge on any atom is -0.382 e. The van der Waals surface area contributed by atoms with E-state index in [1.54, 1.807) is 12.3 Å². The molecule has 0 aliphatic carbocycles. The highest BCUT2D eigenvalue weighted by Gasteiger charge is 2.34. The summed E-state index contributed by atoms with van der Waals surface area (Å²) >= 11 is 6.78. The molecule has 2 aromatic carbocycles. The molecule has 2 aliphatic heterocycles. The summed E-state index contributed by atoms with van der Waals surface area (Å²) in [5.74, 6) is 0. The molecule has 0 atom stereocenters. The van der Waals surface area contributed by atoms with Crippen molar-refractivity contribution in [2.45, 2.75) is 62.8 Å². The van der Waals surface area contributed by atoms with Crippen LogP contribution in [-0.2, 0) is 12.4 Å². The lowest BCUT2D eigenvalue weighted by Crippen LogP contribution is -2.47. The number of halogens is 6. The molecular formula is C30H40F6N4S2. The van der Waals surface area contributed by atoms with Crippen LogP contribution < -0.4 is 10.2 Å². The number of rotatable bonds is 8. The van der Waals surface area contributed by atoms with Crippen LogP contribution in [0.5, 0.6) is 0 Å². The summed E-state index contributed by atoms with van der Waals surface area (Å²) in [7, 11) is 0. The van der Waals surface area contributed by atoms with E-state index < -0.39 is 23.5 Å². The summed E-state index contributed by atoms with van der Waals surface area (Å²) in [6, 6.07) is 9.87. The maximum atomic E-state index is 13.4. The third-order valence-corrected chi connectivity index (χ3v) is 8.78. The zero-order chi connectivity index (χ0) is 30.9. The Labute approximate surface area is 254 Å². The van der Waals surface area contributed by atoms with Gasteiger partial charge in [0.25, 0.3) is 0 Å². The van der Waals surface area contributed by atoms with Crippen molar-refractivity contribution in [2.75, 3.05) is 62.3 Å².